The number of carbonyl (C=O) groups excluding carboxylic acids is 1. The van der Waals surface area contributed by atoms with E-state index in [4.69, 9.17) is 5.73 Å². The van der Waals surface area contributed by atoms with Crippen LogP contribution in [0.4, 0.5) is 0 Å². The van der Waals surface area contributed by atoms with E-state index in [1.807, 2.05) is 0 Å². The van der Waals surface area contributed by atoms with Gasteiger partial charge in [-0.15, -0.1) is 0 Å². The molecule has 5 nitrogen and oxygen atoms in total. The van der Waals surface area contributed by atoms with Crippen molar-refractivity contribution in [3.63, 3.8) is 0 Å². The Balaban J connectivity index is 3.84. The van der Waals surface area contributed by atoms with Gasteiger partial charge in [-0.25, -0.2) is 0 Å². The number of rotatable bonds is 5. The molecule has 0 saturated carbocycles. The minimum absolute atomic E-state index is 0.220. The molecule has 1 atom stereocenters. The summed E-state index contributed by atoms with van der Waals surface area (Å²) in [6.45, 7) is 7.03. The van der Waals surface area contributed by atoms with Crippen molar-refractivity contribution < 1.29 is 9.53 Å². The highest BCUT2D eigenvalue weighted by atomic mass is 16.5. The fraction of sp³-hybridized carbons (Fsp3) is 0.800. The Hall–Kier alpha value is -1.26. The van der Waals surface area contributed by atoms with E-state index in [1.165, 1.54) is 7.11 Å². The molecule has 0 fully saturated rings. The van der Waals surface area contributed by atoms with Crippen LogP contribution in [0.25, 0.3) is 0 Å². The molecule has 5 heteroatoms. The summed E-state index contributed by atoms with van der Waals surface area (Å²) in [6.07, 6.45) is 0. The zero-order valence-electron chi connectivity index (χ0n) is 9.91. The van der Waals surface area contributed by atoms with Crippen LogP contribution in [0.5, 0.6) is 0 Å². The minimum atomic E-state index is -0.251. The molecule has 0 aromatic carbocycles. The zero-order chi connectivity index (χ0) is 11.8. The summed E-state index contributed by atoms with van der Waals surface area (Å²) in [7, 11) is 1.37. The molecule has 1 unspecified atom stereocenters. The molecule has 88 valence electrons. The third-order valence-electron chi connectivity index (χ3n) is 1.82. The Labute approximate surface area is 91.1 Å². The number of ether oxygens (including phenoxy) is 1. The fourth-order valence-electron chi connectivity index (χ4n) is 0.879. The van der Waals surface area contributed by atoms with Gasteiger partial charge in [-0.2, -0.15) is 0 Å². The van der Waals surface area contributed by atoms with Gasteiger partial charge in [0.1, 0.15) is 0 Å². The molecule has 0 aliphatic carbocycles. The van der Waals surface area contributed by atoms with Crippen molar-refractivity contribution in [3.05, 3.63) is 0 Å². The van der Waals surface area contributed by atoms with Crippen molar-refractivity contribution >= 4 is 11.9 Å². The van der Waals surface area contributed by atoms with E-state index >= 15 is 0 Å². The SMILES string of the molecule is COC(=O)C(C)CNC(N)=NCC(C)C. The van der Waals surface area contributed by atoms with E-state index in [0.29, 0.717) is 25.0 Å². The van der Waals surface area contributed by atoms with Gasteiger partial charge in [0, 0.05) is 13.1 Å². The van der Waals surface area contributed by atoms with Gasteiger partial charge < -0.3 is 15.8 Å². The van der Waals surface area contributed by atoms with E-state index in [2.05, 4.69) is 28.9 Å². The third kappa shape index (κ3) is 6.76. The van der Waals surface area contributed by atoms with E-state index in [9.17, 15) is 4.79 Å². The Morgan fingerprint density at radius 2 is 2.07 bits per heavy atom. The number of nitrogens with two attached hydrogens (primary N) is 1. The lowest BCUT2D eigenvalue weighted by Crippen LogP contribution is -2.37. The second-order valence-electron chi connectivity index (χ2n) is 3.92. The van der Waals surface area contributed by atoms with Gasteiger partial charge in [0.25, 0.3) is 0 Å². The van der Waals surface area contributed by atoms with Crippen LogP contribution >= 0.6 is 0 Å². The molecular formula is C10H21N3O2. The number of hydrogen-bond acceptors (Lipinski definition) is 3. The predicted octanol–water partition coefficient (Wildman–Crippen LogP) is 0.356. The molecule has 0 radical (unpaired) electrons. The largest absolute Gasteiger partial charge is 0.469 e. The molecule has 0 aromatic rings. The average Bonchev–Trinajstić information content (AvgIpc) is 2.21. The summed E-state index contributed by atoms with van der Waals surface area (Å²) in [5, 5.41) is 2.88. The molecule has 0 rings (SSSR count). The van der Waals surface area contributed by atoms with Crippen molar-refractivity contribution in [2.24, 2.45) is 22.6 Å². The van der Waals surface area contributed by atoms with Crippen LogP contribution < -0.4 is 11.1 Å². The maximum Gasteiger partial charge on any atom is 0.310 e. The first-order chi connectivity index (χ1) is 6.97. The Morgan fingerprint density at radius 3 is 2.53 bits per heavy atom. The molecule has 0 amide bonds. The Morgan fingerprint density at radius 1 is 1.47 bits per heavy atom. The maximum absolute atomic E-state index is 11.0. The molecular weight excluding hydrogens is 194 g/mol. The highest BCUT2D eigenvalue weighted by Crippen LogP contribution is 1.95. The predicted molar refractivity (Wildman–Crippen MR) is 60.5 cm³/mol. The molecule has 0 aliphatic rings. The van der Waals surface area contributed by atoms with Gasteiger partial charge in [-0.1, -0.05) is 20.8 Å². The summed E-state index contributed by atoms with van der Waals surface area (Å²) < 4.78 is 4.58. The molecule has 0 aliphatic heterocycles. The number of methoxy groups -OCH3 is 1. The van der Waals surface area contributed by atoms with Gasteiger partial charge in [0.15, 0.2) is 5.96 Å². The number of aliphatic imine (C=N–C) groups is 1. The average molecular weight is 215 g/mol. The molecule has 0 spiro atoms. The molecule has 0 saturated heterocycles. The number of nitrogens with one attached hydrogen (secondary N) is 1. The zero-order valence-corrected chi connectivity index (χ0v) is 9.91. The quantitative estimate of drug-likeness (QED) is 0.394. The lowest BCUT2D eigenvalue weighted by Gasteiger charge is -2.11. The topological polar surface area (TPSA) is 76.7 Å². The van der Waals surface area contributed by atoms with Gasteiger partial charge >= 0.3 is 5.97 Å². The first-order valence-electron chi connectivity index (χ1n) is 5.09. The first kappa shape index (κ1) is 13.7. The molecule has 15 heavy (non-hydrogen) atoms. The van der Waals surface area contributed by atoms with Crippen LogP contribution in [0.2, 0.25) is 0 Å². The fourth-order valence-corrected chi connectivity index (χ4v) is 0.879. The third-order valence-corrected chi connectivity index (χ3v) is 1.82. The van der Waals surface area contributed by atoms with E-state index in [1.54, 1.807) is 6.92 Å². The summed E-state index contributed by atoms with van der Waals surface area (Å²) in [5.41, 5.74) is 5.60. The van der Waals surface area contributed by atoms with Crippen LogP contribution in [0.3, 0.4) is 0 Å². The van der Waals surface area contributed by atoms with Gasteiger partial charge in [-0.05, 0) is 5.92 Å². The van der Waals surface area contributed by atoms with Crippen molar-refractivity contribution in [3.8, 4) is 0 Å². The number of esters is 1. The van der Waals surface area contributed by atoms with Gasteiger partial charge in [0.05, 0.1) is 13.0 Å². The molecule has 3 N–H and O–H groups in total. The lowest BCUT2D eigenvalue weighted by molar-refractivity contribution is -0.144. The monoisotopic (exact) mass is 215 g/mol. The van der Waals surface area contributed by atoms with Crippen molar-refractivity contribution in [1.29, 1.82) is 0 Å². The lowest BCUT2D eigenvalue weighted by atomic mass is 10.2. The van der Waals surface area contributed by atoms with E-state index in [-0.39, 0.29) is 11.9 Å². The van der Waals surface area contributed by atoms with Crippen LogP contribution in [0.1, 0.15) is 20.8 Å². The van der Waals surface area contributed by atoms with Crippen LogP contribution in [-0.4, -0.2) is 32.1 Å². The molecule has 0 bridgehead atoms. The minimum Gasteiger partial charge on any atom is -0.469 e. The normalized spacial score (nSPS) is 13.8. The van der Waals surface area contributed by atoms with Crippen LogP contribution in [0, 0.1) is 11.8 Å². The summed E-state index contributed by atoms with van der Waals surface area (Å²) >= 11 is 0. The number of carbonyl (C=O) groups is 1. The number of nitrogens with zero attached hydrogens (tertiary/aromatic N) is 1. The van der Waals surface area contributed by atoms with E-state index in [0.717, 1.165) is 0 Å². The summed E-state index contributed by atoms with van der Waals surface area (Å²) in [5.74, 6) is 0.379. The standard InChI is InChI=1S/C10H21N3O2/c1-7(2)5-12-10(11)13-6-8(3)9(14)15-4/h7-8H,5-6H2,1-4H3,(H3,11,12,13). The van der Waals surface area contributed by atoms with Crippen LogP contribution in [-0.2, 0) is 9.53 Å². The number of guanidine groups is 1. The van der Waals surface area contributed by atoms with E-state index < -0.39 is 0 Å². The Kier molecular flexibility index (Phi) is 6.49. The van der Waals surface area contributed by atoms with Crippen molar-refractivity contribution in [2.45, 2.75) is 20.8 Å². The van der Waals surface area contributed by atoms with Gasteiger partial charge in [0.2, 0.25) is 0 Å². The second kappa shape index (κ2) is 7.09. The summed E-state index contributed by atoms with van der Waals surface area (Å²) in [4.78, 5) is 15.2. The van der Waals surface area contributed by atoms with Crippen molar-refractivity contribution in [1.82, 2.24) is 5.32 Å². The first-order valence-corrected chi connectivity index (χ1v) is 5.09. The summed E-state index contributed by atoms with van der Waals surface area (Å²) in [6, 6.07) is 0. The van der Waals surface area contributed by atoms with Crippen molar-refractivity contribution in [2.75, 3.05) is 20.2 Å². The highest BCUT2D eigenvalue weighted by molar-refractivity contribution is 5.79. The van der Waals surface area contributed by atoms with Crippen LogP contribution in [0.15, 0.2) is 4.99 Å². The maximum atomic E-state index is 11.0. The number of hydrogen-bond donors (Lipinski definition) is 2. The van der Waals surface area contributed by atoms with Gasteiger partial charge in [-0.3, -0.25) is 9.79 Å². The Bertz CT molecular complexity index is 227. The highest BCUT2D eigenvalue weighted by Gasteiger charge is 2.12. The molecule has 0 heterocycles. The molecule has 0 aromatic heterocycles. The smallest absolute Gasteiger partial charge is 0.310 e. The second-order valence-corrected chi connectivity index (χ2v) is 3.92.